The molecule has 0 atom stereocenters. The number of phenols is 1. The molecule has 1 heterocycles. The number of aromatic hydroxyl groups is 2. The fourth-order valence-corrected chi connectivity index (χ4v) is 3.46. The maximum atomic E-state index is 12.9. The molecule has 1 aromatic carbocycles. The van der Waals surface area contributed by atoms with E-state index in [2.05, 4.69) is 11.9 Å². The molecular weight excluding hydrogens is 394 g/mol. The lowest BCUT2D eigenvalue weighted by atomic mass is 10.1. The smallest absolute Gasteiger partial charge is 0.333 e. The molecule has 1 aromatic heterocycles. The third-order valence-corrected chi connectivity index (χ3v) is 5.37. The summed E-state index contributed by atoms with van der Waals surface area (Å²) in [5.41, 5.74) is 0.0823. The molecule has 170 valence electrons. The van der Waals surface area contributed by atoms with E-state index < -0.39 is 11.2 Å². The second-order valence-corrected chi connectivity index (χ2v) is 8.00. The van der Waals surface area contributed by atoms with Crippen molar-refractivity contribution >= 4 is 11.9 Å². The zero-order valence-electron chi connectivity index (χ0n) is 18.9. The van der Waals surface area contributed by atoms with Gasteiger partial charge in [0, 0.05) is 19.3 Å². The lowest BCUT2D eigenvalue weighted by molar-refractivity contribution is 0.378. The van der Waals surface area contributed by atoms with Crippen LogP contribution in [0.25, 0.3) is 0 Å². The van der Waals surface area contributed by atoms with Crippen LogP contribution >= 0.6 is 0 Å². The molecule has 0 aliphatic carbocycles. The summed E-state index contributed by atoms with van der Waals surface area (Å²) in [5.74, 6) is -0.380. The molecule has 0 saturated heterocycles. The maximum Gasteiger partial charge on any atom is 0.333 e. The van der Waals surface area contributed by atoms with Gasteiger partial charge < -0.3 is 10.2 Å². The third kappa shape index (κ3) is 6.57. The molecule has 7 heteroatoms. The molecule has 0 aliphatic rings. The van der Waals surface area contributed by atoms with E-state index in [1.165, 1.54) is 28.2 Å². The molecule has 2 N–H and O–H groups in total. The highest BCUT2D eigenvalue weighted by molar-refractivity contribution is 5.84. The number of rotatable bonds is 12. The van der Waals surface area contributed by atoms with Crippen LogP contribution < -0.4 is 11.2 Å². The summed E-state index contributed by atoms with van der Waals surface area (Å²) in [4.78, 5) is 30.0. The zero-order chi connectivity index (χ0) is 22.8. The summed E-state index contributed by atoms with van der Waals surface area (Å²) in [6.07, 6.45) is 9.07. The average Bonchev–Trinajstić information content (AvgIpc) is 2.73. The van der Waals surface area contributed by atoms with E-state index in [1.54, 1.807) is 18.2 Å². The van der Waals surface area contributed by atoms with Crippen LogP contribution in [0.5, 0.6) is 11.6 Å². The van der Waals surface area contributed by atoms with Gasteiger partial charge >= 0.3 is 5.69 Å². The van der Waals surface area contributed by atoms with Gasteiger partial charge in [-0.15, -0.1) is 0 Å². The van der Waals surface area contributed by atoms with E-state index in [1.807, 2.05) is 13.8 Å². The van der Waals surface area contributed by atoms with Crippen LogP contribution in [0.4, 0.5) is 5.69 Å². The largest absolute Gasteiger partial charge is 0.506 e. The molecule has 0 fully saturated rings. The molecule has 0 amide bonds. The van der Waals surface area contributed by atoms with Gasteiger partial charge in [0.25, 0.3) is 5.56 Å². The highest BCUT2D eigenvalue weighted by Crippen LogP contribution is 2.27. The van der Waals surface area contributed by atoms with Crippen molar-refractivity contribution in [3.8, 4) is 11.6 Å². The molecule has 0 saturated carbocycles. The quantitative estimate of drug-likeness (QED) is 0.379. The van der Waals surface area contributed by atoms with Crippen LogP contribution in [-0.4, -0.2) is 25.6 Å². The molecular formula is C24H35N3O4. The number of phenolic OH excluding ortho intramolecular Hbond substituents is 1. The Morgan fingerprint density at radius 1 is 0.903 bits per heavy atom. The Bertz CT molecular complexity index is 1010. The second-order valence-electron chi connectivity index (χ2n) is 8.00. The molecule has 0 unspecified atom stereocenters. The molecule has 0 bridgehead atoms. The molecule has 7 nitrogen and oxygen atoms in total. The molecule has 0 radical (unpaired) electrons. The average molecular weight is 430 g/mol. The minimum atomic E-state index is -0.564. The highest BCUT2D eigenvalue weighted by atomic mass is 16.3. The predicted molar refractivity (Wildman–Crippen MR) is 125 cm³/mol. The van der Waals surface area contributed by atoms with E-state index in [-0.39, 0.29) is 22.9 Å². The van der Waals surface area contributed by atoms with Gasteiger partial charge in [-0.05, 0) is 37.5 Å². The summed E-state index contributed by atoms with van der Waals surface area (Å²) >= 11 is 0. The first-order valence-corrected chi connectivity index (χ1v) is 11.3. The summed E-state index contributed by atoms with van der Waals surface area (Å²) in [6, 6.07) is 5.01. The Labute approximate surface area is 183 Å². The Kier molecular flexibility index (Phi) is 9.56. The maximum absolute atomic E-state index is 12.9. The molecule has 31 heavy (non-hydrogen) atoms. The van der Waals surface area contributed by atoms with E-state index in [9.17, 15) is 19.8 Å². The van der Waals surface area contributed by atoms with E-state index in [4.69, 9.17) is 0 Å². The van der Waals surface area contributed by atoms with Crippen molar-refractivity contribution in [1.82, 2.24) is 9.13 Å². The summed E-state index contributed by atoms with van der Waals surface area (Å²) < 4.78 is 2.45. The third-order valence-electron chi connectivity index (χ3n) is 5.37. The number of hydrogen-bond donors (Lipinski definition) is 2. The Balaban J connectivity index is 2.38. The van der Waals surface area contributed by atoms with Crippen LogP contribution in [-0.2, 0) is 13.1 Å². The van der Waals surface area contributed by atoms with Crippen molar-refractivity contribution < 1.29 is 10.2 Å². The van der Waals surface area contributed by atoms with Crippen molar-refractivity contribution in [2.45, 2.75) is 85.2 Å². The lowest BCUT2D eigenvalue weighted by Crippen LogP contribution is -2.41. The topological polar surface area (TPSA) is 96.8 Å². The van der Waals surface area contributed by atoms with E-state index >= 15 is 0 Å². The Morgan fingerprint density at radius 2 is 1.55 bits per heavy atom. The summed E-state index contributed by atoms with van der Waals surface area (Å²) in [6.45, 7) is 6.64. The minimum absolute atomic E-state index is 0.0116. The predicted octanol–water partition coefficient (Wildman–Crippen LogP) is 4.64. The molecule has 2 rings (SSSR count). The second kappa shape index (κ2) is 12.1. The highest BCUT2D eigenvalue weighted by Gasteiger charge is 2.17. The molecule has 0 aliphatic heterocycles. The standard InChI is InChI=1S/C24H35N3O4/c1-4-6-8-9-10-11-15-27-23(30)19(22(29)26(24(27)31)14-7-5-2)17-25-20-13-12-18(3)16-21(20)28/h12-13,16-17,28,30H,4-11,14-15H2,1-3H3. The number of aromatic nitrogens is 2. The Hall–Kier alpha value is -2.83. The minimum Gasteiger partial charge on any atom is -0.506 e. The Morgan fingerprint density at radius 3 is 2.23 bits per heavy atom. The van der Waals surface area contributed by atoms with Crippen LogP contribution in [0.15, 0.2) is 32.8 Å². The van der Waals surface area contributed by atoms with Crippen LogP contribution in [0, 0.1) is 6.92 Å². The monoisotopic (exact) mass is 429 g/mol. The van der Waals surface area contributed by atoms with Crippen LogP contribution in [0.1, 0.15) is 76.3 Å². The number of aliphatic imine (C=N–C) groups is 1. The van der Waals surface area contributed by atoms with Crippen molar-refractivity contribution in [2.24, 2.45) is 4.99 Å². The zero-order valence-corrected chi connectivity index (χ0v) is 18.9. The van der Waals surface area contributed by atoms with Gasteiger partial charge in [-0.1, -0.05) is 58.4 Å². The number of aryl methyl sites for hydroxylation is 1. The van der Waals surface area contributed by atoms with Gasteiger partial charge in [-0.25, -0.2) is 4.79 Å². The number of nitrogens with zero attached hydrogens (tertiary/aromatic N) is 3. The van der Waals surface area contributed by atoms with Crippen molar-refractivity contribution in [3.05, 3.63) is 50.2 Å². The number of unbranched alkanes of at least 4 members (excludes halogenated alkanes) is 6. The van der Waals surface area contributed by atoms with Crippen molar-refractivity contribution in [2.75, 3.05) is 0 Å². The first kappa shape index (κ1) is 24.4. The fourth-order valence-electron chi connectivity index (χ4n) is 3.46. The number of hydrogen-bond acceptors (Lipinski definition) is 5. The van der Waals surface area contributed by atoms with Gasteiger partial charge in [-0.3, -0.25) is 18.9 Å². The van der Waals surface area contributed by atoms with Crippen molar-refractivity contribution in [1.29, 1.82) is 0 Å². The molecule has 0 spiro atoms. The first-order chi connectivity index (χ1) is 14.9. The SMILES string of the molecule is CCCCCCCCn1c(O)c(C=Nc2ccc(C)cc2O)c(=O)n(CCCC)c1=O. The number of benzene rings is 1. The van der Waals surface area contributed by atoms with Crippen LogP contribution in [0.2, 0.25) is 0 Å². The first-order valence-electron chi connectivity index (χ1n) is 11.3. The van der Waals surface area contributed by atoms with Gasteiger partial charge in [0.1, 0.15) is 17.0 Å². The molecule has 2 aromatic rings. The van der Waals surface area contributed by atoms with Gasteiger partial charge in [-0.2, -0.15) is 0 Å². The van der Waals surface area contributed by atoms with Crippen molar-refractivity contribution in [3.63, 3.8) is 0 Å². The normalized spacial score (nSPS) is 11.5. The van der Waals surface area contributed by atoms with Gasteiger partial charge in [0.15, 0.2) is 0 Å². The van der Waals surface area contributed by atoms with E-state index in [0.29, 0.717) is 19.5 Å². The van der Waals surface area contributed by atoms with Crippen LogP contribution in [0.3, 0.4) is 0 Å². The summed E-state index contributed by atoms with van der Waals surface area (Å²) in [7, 11) is 0. The summed E-state index contributed by atoms with van der Waals surface area (Å²) in [5, 5.41) is 20.8. The van der Waals surface area contributed by atoms with E-state index in [0.717, 1.165) is 37.7 Å². The van der Waals surface area contributed by atoms with Gasteiger partial charge in [0.05, 0.1) is 0 Å². The fraction of sp³-hybridized carbons (Fsp3) is 0.542. The van der Waals surface area contributed by atoms with Gasteiger partial charge in [0.2, 0.25) is 5.88 Å². The lowest BCUT2D eigenvalue weighted by Gasteiger charge is -2.14.